The summed E-state index contributed by atoms with van der Waals surface area (Å²) in [5, 5.41) is 2.83. The van der Waals surface area contributed by atoms with Crippen LogP contribution >= 0.6 is 0 Å². The first-order valence-electron chi connectivity index (χ1n) is 8.06. The fraction of sp³-hybridized carbons (Fsp3) is 0.294. The van der Waals surface area contributed by atoms with E-state index in [9.17, 15) is 14.4 Å². The molecule has 0 atom stereocenters. The van der Waals surface area contributed by atoms with Crippen molar-refractivity contribution in [1.29, 1.82) is 0 Å². The second kappa shape index (κ2) is 7.26. The maximum absolute atomic E-state index is 12.1. The lowest BCUT2D eigenvalue weighted by atomic mass is 10.2. The molecule has 0 aliphatic heterocycles. The Labute approximate surface area is 148 Å². The molecule has 0 unspecified atom stereocenters. The number of methoxy groups -OCH3 is 1. The molecule has 136 valence electrons. The molecule has 1 aromatic carbocycles. The number of carbonyl (C=O) groups excluding carboxylic acids is 1. The molecule has 3 N–H and O–H groups in total. The van der Waals surface area contributed by atoms with Gasteiger partial charge in [-0.3, -0.25) is 19.1 Å². The molecule has 0 aliphatic rings. The molecule has 0 saturated heterocycles. The maximum atomic E-state index is 12.1. The first kappa shape index (κ1) is 17.5. The highest BCUT2D eigenvalue weighted by atomic mass is 16.5. The summed E-state index contributed by atoms with van der Waals surface area (Å²) in [4.78, 5) is 44.8. The Kier molecular flexibility index (Phi) is 4.87. The van der Waals surface area contributed by atoms with Gasteiger partial charge in [0.25, 0.3) is 5.56 Å². The zero-order valence-corrected chi connectivity index (χ0v) is 14.5. The molecule has 0 saturated carbocycles. The summed E-state index contributed by atoms with van der Waals surface area (Å²) in [6.07, 6.45) is 0.515. The molecule has 0 aliphatic carbocycles. The lowest BCUT2D eigenvalue weighted by Crippen LogP contribution is -2.28. The topological polar surface area (TPSA) is 122 Å². The number of hydrogen-bond acceptors (Lipinski definition) is 5. The van der Waals surface area contributed by atoms with Crippen molar-refractivity contribution in [2.75, 3.05) is 7.11 Å². The number of benzene rings is 1. The van der Waals surface area contributed by atoms with Crippen LogP contribution in [0.3, 0.4) is 0 Å². The van der Waals surface area contributed by atoms with E-state index in [0.717, 1.165) is 5.56 Å². The van der Waals surface area contributed by atoms with Gasteiger partial charge in [0.1, 0.15) is 17.1 Å². The number of rotatable bonds is 6. The fourth-order valence-electron chi connectivity index (χ4n) is 2.63. The number of para-hydroxylation sites is 1. The van der Waals surface area contributed by atoms with Crippen LogP contribution in [0.25, 0.3) is 11.2 Å². The highest BCUT2D eigenvalue weighted by Gasteiger charge is 2.12. The summed E-state index contributed by atoms with van der Waals surface area (Å²) in [5.74, 6) is 1.03. The van der Waals surface area contributed by atoms with Crippen molar-refractivity contribution in [3.63, 3.8) is 0 Å². The van der Waals surface area contributed by atoms with Crippen LogP contribution in [0.4, 0.5) is 0 Å². The number of nitrogens with zero attached hydrogens (tertiary/aromatic N) is 2. The monoisotopic (exact) mass is 357 g/mol. The highest BCUT2D eigenvalue weighted by Crippen LogP contribution is 2.16. The molecule has 1 amide bonds. The van der Waals surface area contributed by atoms with E-state index in [-0.39, 0.29) is 23.5 Å². The molecule has 0 bridgehead atoms. The number of nitrogens with one attached hydrogen (secondary N) is 3. The normalized spacial score (nSPS) is 10.8. The largest absolute Gasteiger partial charge is 0.496 e. The Balaban J connectivity index is 1.64. The van der Waals surface area contributed by atoms with E-state index in [4.69, 9.17) is 4.74 Å². The van der Waals surface area contributed by atoms with Gasteiger partial charge in [-0.15, -0.1) is 0 Å². The standard InChI is InChI=1S/C17H19N5O4/c1-22-15-14(16(24)21-17(22)25)19-12(20-15)7-8-13(23)18-9-10-5-3-4-6-11(10)26-2/h3-6H,7-9H2,1-2H3,(H,18,23)(H,19,20)(H,21,24,25). The van der Waals surface area contributed by atoms with Gasteiger partial charge in [0.15, 0.2) is 5.65 Å². The Morgan fingerprint density at radius 1 is 1.27 bits per heavy atom. The quantitative estimate of drug-likeness (QED) is 0.582. The first-order valence-corrected chi connectivity index (χ1v) is 8.06. The summed E-state index contributed by atoms with van der Waals surface area (Å²) in [6, 6.07) is 7.45. The van der Waals surface area contributed by atoms with E-state index < -0.39 is 11.2 Å². The Hall–Kier alpha value is -3.36. The van der Waals surface area contributed by atoms with Crippen LogP contribution in [-0.2, 0) is 24.8 Å². The summed E-state index contributed by atoms with van der Waals surface area (Å²) in [6.45, 7) is 0.358. The fourth-order valence-corrected chi connectivity index (χ4v) is 2.63. The van der Waals surface area contributed by atoms with Crippen molar-refractivity contribution < 1.29 is 9.53 Å². The zero-order valence-electron chi connectivity index (χ0n) is 14.5. The molecule has 0 radical (unpaired) electrons. The van der Waals surface area contributed by atoms with E-state index in [1.165, 1.54) is 11.6 Å². The van der Waals surface area contributed by atoms with Crippen molar-refractivity contribution in [2.24, 2.45) is 7.05 Å². The van der Waals surface area contributed by atoms with E-state index in [1.807, 2.05) is 24.3 Å². The molecule has 2 heterocycles. The number of hydrogen-bond donors (Lipinski definition) is 3. The SMILES string of the molecule is COc1ccccc1CNC(=O)CCc1nc2c([nH]1)c(=O)[nH]c(=O)n2C. The number of aromatic nitrogens is 4. The third kappa shape index (κ3) is 3.51. The van der Waals surface area contributed by atoms with Crippen LogP contribution < -0.4 is 21.3 Å². The van der Waals surface area contributed by atoms with Gasteiger partial charge >= 0.3 is 5.69 Å². The molecule has 3 aromatic rings. The van der Waals surface area contributed by atoms with Gasteiger partial charge in [-0.2, -0.15) is 0 Å². The minimum Gasteiger partial charge on any atom is -0.496 e. The molecular formula is C17H19N5O4. The lowest BCUT2D eigenvalue weighted by molar-refractivity contribution is -0.121. The second-order valence-electron chi connectivity index (χ2n) is 5.79. The number of imidazole rings is 1. The van der Waals surface area contributed by atoms with Crippen molar-refractivity contribution in [3.8, 4) is 5.75 Å². The summed E-state index contributed by atoms with van der Waals surface area (Å²) in [5.41, 5.74) is 0.311. The number of ether oxygens (including phenoxy) is 1. The van der Waals surface area contributed by atoms with Crippen molar-refractivity contribution in [2.45, 2.75) is 19.4 Å². The zero-order chi connectivity index (χ0) is 18.7. The van der Waals surface area contributed by atoms with Gasteiger partial charge in [0.2, 0.25) is 5.91 Å². The van der Waals surface area contributed by atoms with Gasteiger partial charge in [-0.25, -0.2) is 9.78 Å². The molecular weight excluding hydrogens is 338 g/mol. The molecule has 9 nitrogen and oxygen atoms in total. The van der Waals surface area contributed by atoms with Crippen molar-refractivity contribution >= 4 is 17.1 Å². The summed E-state index contributed by atoms with van der Waals surface area (Å²) < 4.78 is 6.49. The minimum atomic E-state index is -0.532. The maximum Gasteiger partial charge on any atom is 0.329 e. The van der Waals surface area contributed by atoms with Gasteiger partial charge in [0.05, 0.1) is 7.11 Å². The molecule has 9 heteroatoms. The van der Waals surface area contributed by atoms with Crippen LogP contribution in [0, 0.1) is 0 Å². The lowest BCUT2D eigenvalue weighted by Gasteiger charge is -2.09. The van der Waals surface area contributed by atoms with Gasteiger partial charge in [-0.1, -0.05) is 18.2 Å². The number of amides is 1. The van der Waals surface area contributed by atoms with Crippen molar-refractivity contribution in [3.05, 3.63) is 56.5 Å². The highest BCUT2D eigenvalue weighted by molar-refractivity contribution is 5.76. The smallest absolute Gasteiger partial charge is 0.329 e. The second-order valence-corrected chi connectivity index (χ2v) is 5.79. The number of H-pyrrole nitrogens is 2. The van der Waals surface area contributed by atoms with Gasteiger partial charge in [-0.05, 0) is 6.07 Å². The van der Waals surface area contributed by atoms with Crippen molar-refractivity contribution in [1.82, 2.24) is 24.8 Å². The van der Waals surface area contributed by atoms with Crippen LogP contribution in [-0.4, -0.2) is 32.5 Å². The number of fused-ring (bicyclic) bond motifs is 1. The number of aryl methyl sites for hydroxylation is 2. The van der Waals surface area contributed by atoms with E-state index in [0.29, 0.717) is 24.5 Å². The molecule has 2 aromatic heterocycles. The Morgan fingerprint density at radius 2 is 2.04 bits per heavy atom. The minimum absolute atomic E-state index is 0.154. The van der Waals surface area contributed by atoms with Gasteiger partial charge < -0.3 is 15.0 Å². The summed E-state index contributed by atoms with van der Waals surface area (Å²) in [7, 11) is 3.10. The third-order valence-electron chi connectivity index (χ3n) is 4.06. The predicted octanol–water partition coefficient (Wildman–Crippen LogP) is 0.208. The number of carbonyl (C=O) groups is 1. The van der Waals surface area contributed by atoms with Crippen LogP contribution in [0.1, 0.15) is 17.8 Å². The van der Waals surface area contributed by atoms with Crippen LogP contribution in [0.5, 0.6) is 5.75 Å². The first-order chi connectivity index (χ1) is 12.5. The van der Waals surface area contributed by atoms with E-state index in [1.54, 1.807) is 7.11 Å². The molecule has 3 rings (SSSR count). The van der Waals surface area contributed by atoms with Gasteiger partial charge in [0, 0.05) is 32.0 Å². The number of aromatic amines is 2. The van der Waals surface area contributed by atoms with Crippen LogP contribution in [0.2, 0.25) is 0 Å². The van der Waals surface area contributed by atoms with E-state index >= 15 is 0 Å². The summed E-state index contributed by atoms with van der Waals surface area (Å²) >= 11 is 0. The predicted molar refractivity (Wildman–Crippen MR) is 95.1 cm³/mol. The molecule has 26 heavy (non-hydrogen) atoms. The molecule has 0 spiro atoms. The Bertz CT molecular complexity index is 1060. The van der Waals surface area contributed by atoms with E-state index in [2.05, 4.69) is 20.3 Å². The average molecular weight is 357 g/mol. The molecule has 0 fully saturated rings. The Morgan fingerprint density at radius 3 is 2.81 bits per heavy atom. The third-order valence-corrected chi connectivity index (χ3v) is 4.06. The van der Waals surface area contributed by atoms with Crippen LogP contribution in [0.15, 0.2) is 33.9 Å². The average Bonchev–Trinajstić information content (AvgIpc) is 3.08.